The molecule has 156 valence electrons. The summed E-state index contributed by atoms with van der Waals surface area (Å²) in [6.45, 7) is 4.18. The van der Waals surface area contributed by atoms with Gasteiger partial charge in [-0.05, 0) is 38.0 Å². The molecule has 1 aromatic carbocycles. The van der Waals surface area contributed by atoms with E-state index in [2.05, 4.69) is 9.88 Å². The number of nitrogen functional groups attached to an aromatic ring is 1. The Balaban J connectivity index is 1.66. The Hall–Kier alpha value is -1.80. The number of benzene rings is 1. The van der Waals surface area contributed by atoms with Gasteiger partial charge in [-0.2, -0.15) is 4.98 Å². The van der Waals surface area contributed by atoms with Crippen molar-refractivity contribution >= 4 is 35.0 Å². The van der Waals surface area contributed by atoms with E-state index in [1.54, 1.807) is 25.2 Å². The Morgan fingerprint density at radius 2 is 1.97 bits per heavy atom. The summed E-state index contributed by atoms with van der Waals surface area (Å²) < 4.78 is 7.31. The Morgan fingerprint density at radius 1 is 1.28 bits per heavy atom. The molecule has 2 aromatic rings. The van der Waals surface area contributed by atoms with Crippen molar-refractivity contribution in [1.82, 2.24) is 9.55 Å². The first-order valence-electron chi connectivity index (χ1n) is 9.67. The van der Waals surface area contributed by atoms with Gasteiger partial charge in [-0.15, -0.1) is 0 Å². The number of rotatable bonds is 2. The summed E-state index contributed by atoms with van der Waals surface area (Å²) in [4.78, 5) is 19.8. The van der Waals surface area contributed by atoms with Gasteiger partial charge in [0.1, 0.15) is 5.82 Å². The normalized spacial score (nSPS) is 23.7. The number of anilines is 2. The van der Waals surface area contributed by atoms with Crippen LogP contribution in [0.4, 0.5) is 11.8 Å². The molecule has 2 aliphatic heterocycles. The van der Waals surface area contributed by atoms with Crippen LogP contribution in [0.15, 0.2) is 23.0 Å². The van der Waals surface area contributed by atoms with Crippen molar-refractivity contribution in [2.75, 3.05) is 30.3 Å². The molecule has 0 aliphatic carbocycles. The van der Waals surface area contributed by atoms with Gasteiger partial charge < -0.3 is 21.1 Å². The Kier molecular flexibility index (Phi) is 5.27. The number of aromatic nitrogens is 2. The van der Waals surface area contributed by atoms with Crippen molar-refractivity contribution < 1.29 is 4.74 Å². The fourth-order valence-corrected chi connectivity index (χ4v) is 4.84. The molecule has 0 unspecified atom stereocenters. The van der Waals surface area contributed by atoms with Gasteiger partial charge in [0.05, 0.1) is 18.3 Å². The molecule has 0 amide bonds. The fraction of sp³-hybridized carbons (Fsp3) is 0.500. The molecule has 2 atom stereocenters. The summed E-state index contributed by atoms with van der Waals surface area (Å²) in [6, 6.07) is 4.96. The summed E-state index contributed by atoms with van der Waals surface area (Å²) in [5.41, 5.74) is 13.1. The minimum absolute atomic E-state index is 0.00538. The third-order valence-corrected chi connectivity index (χ3v) is 6.95. The number of piperidine rings is 1. The standard InChI is InChI=1S/C20H25Cl2N5O2/c1-11-16(23)20(10-29-11)5-7-27(8-6-20)19-25-17(24)15(18(28)26(19)2)13-9-12(21)3-4-14(13)22/h3-4,9,11,16H,5-8,10,23-24H2,1-2H3/t11-,16+/m0/s1. The molecular formula is C20H25Cl2N5O2. The maximum absolute atomic E-state index is 13.1. The average Bonchev–Trinajstić information content (AvgIpc) is 2.97. The summed E-state index contributed by atoms with van der Waals surface area (Å²) >= 11 is 12.4. The van der Waals surface area contributed by atoms with Crippen molar-refractivity contribution in [3.63, 3.8) is 0 Å². The Labute approximate surface area is 179 Å². The molecule has 0 radical (unpaired) electrons. The quantitative estimate of drug-likeness (QED) is 0.748. The number of ether oxygens (including phenoxy) is 1. The van der Waals surface area contributed by atoms with E-state index in [9.17, 15) is 4.79 Å². The molecule has 2 saturated heterocycles. The van der Waals surface area contributed by atoms with Crippen LogP contribution < -0.4 is 21.9 Å². The molecule has 0 bridgehead atoms. The molecular weight excluding hydrogens is 413 g/mol. The molecule has 7 nitrogen and oxygen atoms in total. The summed E-state index contributed by atoms with van der Waals surface area (Å²) in [7, 11) is 1.70. The third kappa shape index (κ3) is 3.40. The molecule has 3 heterocycles. The Bertz CT molecular complexity index is 1000. The number of nitrogens with two attached hydrogens (primary N) is 2. The first kappa shape index (κ1) is 20.5. The highest BCUT2D eigenvalue weighted by molar-refractivity contribution is 6.35. The lowest BCUT2D eigenvalue weighted by molar-refractivity contribution is 0.0973. The van der Waals surface area contributed by atoms with Gasteiger partial charge in [0.25, 0.3) is 5.56 Å². The van der Waals surface area contributed by atoms with E-state index >= 15 is 0 Å². The summed E-state index contributed by atoms with van der Waals surface area (Å²) in [5, 5.41) is 0.873. The molecule has 9 heteroatoms. The van der Waals surface area contributed by atoms with Crippen LogP contribution in [0, 0.1) is 5.41 Å². The second-order valence-electron chi connectivity index (χ2n) is 8.05. The largest absolute Gasteiger partial charge is 0.383 e. The molecule has 4 N–H and O–H groups in total. The molecule has 1 spiro atoms. The van der Waals surface area contributed by atoms with E-state index in [4.69, 9.17) is 39.4 Å². The minimum Gasteiger partial charge on any atom is -0.383 e. The minimum atomic E-state index is -0.258. The zero-order valence-electron chi connectivity index (χ0n) is 16.5. The highest BCUT2D eigenvalue weighted by Crippen LogP contribution is 2.42. The van der Waals surface area contributed by atoms with Crippen LogP contribution >= 0.6 is 23.2 Å². The van der Waals surface area contributed by atoms with Crippen LogP contribution in [0.2, 0.25) is 10.0 Å². The Morgan fingerprint density at radius 3 is 2.59 bits per heavy atom. The number of hydrogen-bond donors (Lipinski definition) is 2. The monoisotopic (exact) mass is 437 g/mol. The average molecular weight is 438 g/mol. The van der Waals surface area contributed by atoms with Crippen molar-refractivity contribution in [2.45, 2.75) is 31.9 Å². The van der Waals surface area contributed by atoms with Gasteiger partial charge in [0.15, 0.2) is 0 Å². The topological polar surface area (TPSA) is 99.4 Å². The van der Waals surface area contributed by atoms with E-state index in [0.29, 0.717) is 28.2 Å². The van der Waals surface area contributed by atoms with Gasteiger partial charge in [-0.3, -0.25) is 9.36 Å². The zero-order chi connectivity index (χ0) is 20.9. The van der Waals surface area contributed by atoms with E-state index in [1.807, 2.05) is 6.92 Å². The van der Waals surface area contributed by atoms with Crippen LogP contribution in [0.3, 0.4) is 0 Å². The third-order valence-electron chi connectivity index (χ3n) is 6.38. The molecule has 2 fully saturated rings. The maximum atomic E-state index is 13.1. The molecule has 1 aromatic heterocycles. The lowest BCUT2D eigenvalue weighted by atomic mass is 9.73. The lowest BCUT2D eigenvalue weighted by Gasteiger charge is -2.41. The lowest BCUT2D eigenvalue weighted by Crippen LogP contribution is -2.51. The number of nitrogens with zero attached hydrogens (tertiary/aromatic N) is 3. The van der Waals surface area contributed by atoms with Crippen molar-refractivity contribution in [3.05, 3.63) is 38.6 Å². The summed E-state index contributed by atoms with van der Waals surface area (Å²) in [5.74, 6) is 0.687. The highest BCUT2D eigenvalue weighted by Gasteiger charge is 2.47. The second kappa shape index (κ2) is 7.47. The molecule has 0 saturated carbocycles. The van der Waals surface area contributed by atoms with E-state index < -0.39 is 0 Å². The van der Waals surface area contributed by atoms with Crippen LogP contribution in [0.25, 0.3) is 11.1 Å². The second-order valence-corrected chi connectivity index (χ2v) is 8.90. The van der Waals surface area contributed by atoms with Crippen molar-refractivity contribution in [3.8, 4) is 11.1 Å². The smallest absolute Gasteiger partial charge is 0.264 e. The molecule has 29 heavy (non-hydrogen) atoms. The SMILES string of the molecule is C[C@@H]1OCC2(CCN(c3nc(N)c(-c4cc(Cl)ccc4Cl)c(=O)n3C)CC2)[C@@H]1N. The van der Waals surface area contributed by atoms with Gasteiger partial charge in [0.2, 0.25) is 5.95 Å². The number of halogens is 2. The van der Waals surface area contributed by atoms with Gasteiger partial charge >= 0.3 is 0 Å². The number of hydrogen-bond acceptors (Lipinski definition) is 6. The van der Waals surface area contributed by atoms with Crippen molar-refractivity contribution in [1.29, 1.82) is 0 Å². The van der Waals surface area contributed by atoms with Crippen LogP contribution in [0.1, 0.15) is 19.8 Å². The fourth-order valence-electron chi connectivity index (χ4n) is 4.46. The van der Waals surface area contributed by atoms with Crippen molar-refractivity contribution in [2.24, 2.45) is 18.2 Å². The van der Waals surface area contributed by atoms with E-state index in [0.717, 1.165) is 25.9 Å². The maximum Gasteiger partial charge on any atom is 0.264 e. The highest BCUT2D eigenvalue weighted by atomic mass is 35.5. The van der Waals surface area contributed by atoms with Gasteiger partial charge in [-0.25, -0.2) is 0 Å². The van der Waals surface area contributed by atoms with E-state index in [-0.39, 0.29) is 34.5 Å². The summed E-state index contributed by atoms with van der Waals surface area (Å²) in [6.07, 6.45) is 1.84. The van der Waals surface area contributed by atoms with Crippen LogP contribution in [-0.4, -0.2) is 41.4 Å². The van der Waals surface area contributed by atoms with Crippen LogP contribution in [-0.2, 0) is 11.8 Å². The van der Waals surface area contributed by atoms with E-state index in [1.165, 1.54) is 4.57 Å². The zero-order valence-corrected chi connectivity index (χ0v) is 18.0. The predicted molar refractivity (Wildman–Crippen MR) is 117 cm³/mol. The first-order valence-corrected chi connectivity index (χ1v) is 10.4. The van der Waals surface area contributed by atoms with Gasteiger partial charge in [-0.1, -0.05) is 23.2 Å². The van der Waals surface area contributed by atoms with Gasteiger partial charge in [0, 0.05) is 47.2 Å². The first-order chi connectivity index (χ1) is 13.7. The molecule has 2 aliphatic rings. The molecule has 4 rings (SSSR count). The predicted octanol–water partition coefficient (Wildman–Crippen LogP) is 2.67. The van der Waals surface area contributed by atoms with Crippen LogP contribution in [0.5, 0.6) is 0 Å².